The fourth-order valence-electron chi connectivity index (χ4n) is 2.35. The summed E-state index contributed by atoms with van der Waals surface area (Å²) in [5, 5.41) is 0. The van der Waals surface area contributed by atoms with Crippen LogP contribution in [-0.4, -0.2) is 36.6 Å². The third-order valence-corrected chi connectivity index (χ3v) is 3.76. The van der Waals surface area contributed by atoms with E-state index in [0.29, 0.717) is 25.1 Å². The molecule has 0 aliphatic carbocycles. The summed E-state index contributed by atoms with van der Waals surface area (Å²) in [6.07, 6.45) is -2.59. The molecule has 0 aromatic heterocycles. The van der Waals surface area contributed by atoms with Crippen molar-refractivity contribution in [3.8, 4) is 11.8 Å². The molecule has 23 heavy (non-hydrogen) atoms. The number of carbonyl (C=O) groups excluding carboxylic acids is 1. The Kier molecular flexibility index (Phi) is 4.81. The number of benzene rings is 1. The van der Waals surface area contributed by atoms with Gasteiger partial charge in [-0.2, -0.15) is 13.2 Å². The van der Waals surface area contributed by atoms with Gasteiger partial charge in [-0.3, -0.25) is 4.79 Å². The first kappa shape index (κ1) is 17.1. The molecule has 3 nitrogen and oxygen atoms in total. The van der Waals surface area contributed by atoms with Crippen molar-refractivity contribution in [1.29, 1.82) is 0 Å². The second kappa shape index (κ2) is 6.47. The largest absolute Gasteiger partial charge is 0.416 e. The van der Waals surface area contributed by atoms with Crippen molar-refractivity contribution in [1.82, 2.24) is 4.90 Å². The molecule has 0 saturated carbocycles. The lowest BCUT2D eigenvalue weighted by Gasteiger charge is -2.21. The highest BCUT2D eigenvalue weighted by molar-refractivity contribution is 5.87. The summed E-state index contributed by atoms with van der Waals surface area (Å²) in [7, 11) is 1.50. The summed E-state index contributed by atoms with van der Waals surface area (Å²) in [6, 6.07) is 4.62. The lowest BCUT2D eigenvalue weighted by atomic mass is 10.0. The molecule has 1 aliphatic heterocycles. The topological polar surface area (TPSA) is 29.5 Å². The predicted octanol–water partition coefficient (Wildman–Crippen LogP) is 2.86. The van der Waals surface area contributed by atoms with Crippen molar-refractivity contribution in [2.45, 2.75) is 18.2 Å². The first-order valence-electron chi connectivity index (χ1n) is 6.96. The van der Waals surface area contributed by atoms with Gasteiger partial charge in [0.1, 0.15) is 5.60 Å². The van der Waals surface area contributed by atoms with Crippen LogP contribution in [0.1, 0.15) is 17.5 Å². The number of hydrogen-bond donors (Lipinski definition) is 0. The molecule has 1 fully saturated rings. The minimum absolute atomic E-state index is 0.194. The first-order valence-corrected chi connectivity index (χ1v) is 6.96. The van der Waals surface area contributed by atoms with Gasteiger partial charge in [-0.1, -0.05) is 18.4 Å². The monoisotopic (exact) mass is 323 g/mol. The van der Waals surface area contributed by atoms with Crippen LogP contribution < -0.4 is 0 Å². The summed E-state index contributed by atoms with van der Waals surface area (Å²) in [4.78, 5) is 13.2. The molecule has 1 saturated heterocycles. The molecule has 1 aliphatic rings. The fraction of sp³-hybridized carbons (Fsp3) is 0.353. The van der Waals surface area contributed by atoms with Crippen LogP contribution >= 0.6 is 0 Å². The molecule has 0 unspecified atom stereocenters. The van der Waals surface area contributed by atoms with Gasteiger partial charge in [0.2, 0.25) is 5.91 Å². The molecule has 0 spiro atoms. The minimum Gasteiger partial charge on any atom is -0.364 e. The zero-order valence-corrected chi connectivity index (χ0v) is 12.6. The Morgan fingerprint density at radius 2 is 2.04 bits per heavy atom. The van der Waals surface area contributed by atoms with Crippen molar-refractivity contribution < 1.29 is 22.7 Å². The number of hydrogen-bond acceptors (Lipinski definition) is 2. The Labute approximate surface area is 132 Å². The van der Waals surface area contributed by atoms with Crippen LogP contribution in [0, 0.1) is 11.8 Å². The van der Waals surface area contributed by atoms with Gasteiger partial charge in [-0.25, -0.2) is 0 Å². The van der Waals surface area contributed by atoms with Crippen molar-refractivity contribution in [3.63, 3.8) is 0 Å². The summed E-state index contributed by atoms with van der Waals surface area (Å²) < 4.78 is 43.0. The van der Waals surface area contributed by atoms with Gasteiger partial charge in [0.15, 0.2) is 0 Å². The summed E-state index contributed by atoms with van der Waals surface area (Å²) in [5.74, 6) is 5.58. The quantitative estimate of drug-likeness (QED) is 0.619. The lowest BCUT2D eigenvalue weighted by Crippen LogP contribution is -2.36. The maximum atomic E-state index is 12.5. The molecule has 2 rings (SSSR count). The maximum absolute atomic E-state index is 12.5. The van der Waals surface area contributed by atoms with E-state index in [1.807, 2.05) is 0 Å². The van der Waals surface area contributed by atoms with Crippen LogP contribution in [0.2, 0.25) is 0 Å². The number of amides is 1. The summed E-state index contributed by atoms with van der Waals surface area (Å²) in [6.45, 7) is 4.25. The maximum Gasteiger partial charge on any atom is 0.416 e. The Balaban J connectivity index is 2.16. The molecule has 1 aromatic rings. The lowest BCUT2D eigenvalue weighted by molar-refractivity contribution is -0.137. The van der Waals surface area contributed by atoms with E-state index in [0.717, 1.165) is 12.1 Å². The third kappa shape index (κ3) is 3.93. The van der Waals surface area contributed by atoms with Gasteiger partial charge in [0.25, 0.3) is 0 Å². The van der Waals surface area contributed by atoms with Gasteiger partial charge in [0.05, 0.1) is 12.1 Å². The summed E-state index contributed by atoms with van der Waals surface area (Å²) in [5.41, 5.74) is -1.06. The predicted molar refractivity (Wildman–Crippen MR) is 79.5 cm³/mol. The molecule has 1 atom stereocenters. The van der Waals surface area contributed by atoms with Crippen molar-refractivity contribution in [2.75, 3.05) is 20.2 Å². The fourth-order valence-corrected chi connectivity index (χ4v) is 2.35. The number of alkyl halides is 3. The van der Waals surface area contributed by atoms with Crippen molar-refractivity contribution in [2.24, 2.45) is 0 Å². The van der Waals surface area contributed by atoms with Crippen LogP contribution in [0.25, 0.3) is 0 Å². The highest BCUT2D eigenvalue weighted by Crippen LogP contribution is 2.29. The third-order valence-electron chi connectivity index (χ3n) is 3.76. The van der Waals surface area contributed by atoms with E-state index >= 15 is 0 Å². The van der Waals surface area contributed by atoms with Crippen LogP contribution in [0.5, 0.6) is 0 Å². The molecule has 6 heteroatoms. The molecule has 0 N–H and O–H groups in total. The smallest absolute Gasteiger partial charge is 0.364 e. The molecule has 122 valence electrons. The van der Waals surface area contributed by atoms with Crippen LogP contribution in [-0.2, 0) is 15.7 Å². The average Bonchev–Trinajstić information content (AvgIpc) is 2.97. The number of methoxy groups -OCH3 is 1. The van der Waals surface area contributed by atoms with Gasteiger partial charge in [0, 0.05) is 25.6 Å². The van der Waals surface area contributed by atoms with E-state index in [-0.39, 0.29) is 5.91 Å². The minimum atomic E-state index is -4.36. The van der Waals surface area contributed by atoms with Crippen molar-refractivity contribution >= 4 is 5.91 Å². The van der Waals surface area contributed by atoms with Crippen LogP contribution in [0.15, 0.2) is 36.9 Å². The van der Waals surface area contributed by atoms with E-state index in [1.54, 1.807) is 4.90 Å². The molecular weight excluding hydrogens is 307 g/mol. The Morgan fingerprint density at radius 3 is 2.57 bits per heavy atom. The SMILES string of the molecule is C=CC(=O)N1CC[C@@](C#Cc2ccc(C(F)(F)F)cc2)(OC)C1. The standard InChI is InChI=1S/C17H16F3NO2/c1-3-15(22)21-11-10-16(12-21,23-2)9-8-13-4-6-14(7-5-13)17(18,19)20/h3-7H,1,10-12H2,2H3/t16-/m1/s1. The highest BCUT2D eigenvalue weighted by Gasteiger charge is 2.38. The summed E-state index contributed by atoms with van der Waals surface area (Å²) >= 11 is 0. The Morgan fingerprint density at radius 1 is 1.39 bits per heavy atom. The molecule has 1 amide bonds. The molecule has 1 aromatic carbocycles. The second-order valence-electron chi connectivity index (χ2n) is 5.24. The number of nitrogens with zero attached hydrogens (tertiary/aromatic N) is 1. The molecule has 0 bridgehead atoms. The van der Waals surface area contributed by atoms with Crippen LogP contribution in [0.3, 0.4) is 0 Å². The zero-order valence-electron chi connectivity index (χ0n) is 12.6. The second-order valence-corrected chi connectivity index (χ2v) is 5.24. The normalized spacial score (nSPS) is 20.8. The Bertz CT molecular complexity index is 655. The number of likely N-dealkylation sites (tertiary alicyclic amines) is 1. The number of ether oxygens (including phenoxy) is 1. The molecule has 1 heterocycles. The number of carbonyl (C=O) groups is 1. The Hall–Kier alpha value is -2.26. The van der Waals surface area contributed by atoms with Gasteiger partial charge >= 0.3 is 6.18 Å². The molecule has 0 radical (unpaired) electrons. The van der Waals surface area contributed by atoms with E-state index in [9.17, 15) is 18.0 Å². The number of halogens is 3. The van der Waals surface area contributed by atoms with E-state index in [4.69, 9.17) is 4.74 Å². The first-order chi connectivity index (χ1) is 10.8. The van der Waals surface area contributed by atoms with Crippen LogP contribution in [0.4, 0.5) is 13.2 Å². The van der Waals surface area contributed by atoms with E-state index in [2.05, 4.69) is 18.4 Å². The highest BCUT2D eigenvalue weighted by atomic mass is 19.4. The van der Waals surface area contributed by atoms with E-state index in [1.165, 1.54) is 25.3 Å². The van der Waals surface area contributed by atoms with Gasteiger partial charge < -0.3 is 9.64 Å². The van der Waals surface area contributed by atoms with Gasteiger partial charge in [-0.05, 0) is 30.3 Å². The molecular formula is C17H16F3NO2. The number of rotatable bonds is 2. The zero-order chi connectivity index (χ0) is 17.1. The van der Waals surface area contributed by atoms with E-state index < -0.39 is 17.3 Å². The van der Waals surface area contributed by atoms with Gasteiger partial charge in [-0.15, -0.1) is 0 Å². The van der Waals surface area contributed by atoms with Crippen molar-refractivity contribution in [3.05, 3.63) is 48.0 Å². The average molecular weight is 323 g/mol.